The Morgan fingerprint density at radius 1 is 1.00 bits per heavy atom. The lowest BCUT2D eigenvalue weighted by Gasteiger charge is -2.07. The molecule has 0 spiro atoms. The first kappa shape index (κ1) is 18.3. The zero-order chi connectivity index (χ0) is 20.5. The molecule has 148 valence electrons. The molecule has 0 fully saturated rings. The largest absolute Gasteiger partial charge is 0.302 e. The molecule has 0 bridgehead atoms. The number of H-pyrrole nitrogens is 1. The Labute approximate surface area is 175 Å². The molecule has 0 aliphatic heterocycles. The number of nitrogens with zero attached hydrogens (tertiary/aromatic N) is 6. The maximum atomic E-state index is 12.6. The molecule has 0 aliphatic rings. The maximum Gasteiger partial charge on any atom is 0.262 e. The van der Waals surface area contributed by atoms with Crippen LogP contribution in [0.2, 0.25) is 0 Å². The van der Waals surface area contributed by atoms with E-state index in [0.29, 0.717) is 27.9 Å². The van der Waals surface area contributed by atoms with Crippen molar-refractivity contribution in [1.29, 1.82) is 0 Å². The molecule has 0 atom stereocenters. The Balaban J connectivity index is 1.57. The molecule has 9 heteroatoms. The van der Waals surface area contributed by atoms with Gasteiger partial charge in [0.05, 0.1) is 11.9 Å². The average molecular weight is 415 g/mol. The minimum Gasteiger partial charge on any atom is -0.302 e. The molecule has 0 saturated carbocycles. The van der Waals surface area contributed by atoms with Crippen molar-refractivity contribution in [2.45, 2.75) is 23.8 Å². The van der Waals surface area contributed by atoms with Crippen LogP contribution in [-0.2, 0) is 6.54 Å². The van der Waals surface area contributed by atoms with E-state index >= 15 is 0 Å². The van der Waals surface area contributed by atoms with Crippen LogP contribution in [0.15, 0.2) is 82.0 Å². The van der Waals surface area contributed by atoms with E-state index in [9.17, 15) is 4.79 Å². The van der Waals surface area contributed by atoms with Crippen LogP contribution in [0.3, 0.4) is 0 Å². The van der Waals surface area contributed by atoms with Crippen molar-refractivity contribution in [3.63, 3.8) is 0 Å². The lowest BCUT2D eigenvalue weighted by molar-refractivity contribution is 0.685. The van der Waals surface area contributed by atoms with Gasteiger partial charge in [-0.3, -0.25) is 4.79 Å². The Morgan fingerprint density at radius 3 is 2.47 bits per heavy atom. The maximum absolute atomic E-state index is 12.6. The minimum absolute atomic E-state index is 0.240. The molecule has 3 aromatic heterocycles. The average Bonchev–Trinajstić information content (AvgIpc) is 3.39. The van der Waals surface area contributed by atoms with Crippen molar-refractivity contribution in [2.24, 2.45) is 0 Å². The molecular formula is C21H17N7OS. The summed E-state index contributed by atoms with van der Waals surface area (Å²) in [5.74, 6) is 0.776. The third kappa shape index (κ3) is 3.18. The quantitative estimate of drug-likeness (QED) is 0.441. The van der Waals surface area contributed by atoms with Crippen LogP contribution in [-0.4, -0.2) is 34.5 Å². The third-order valence-electron chi connectivity index (χ3n) is 4.67. The van der Waals surface area contributed by atoms with Gasteiger partial charge in [-0.25, -0.2) is 9.67 Å². The summed E-state index contributed by atoms with van der Waals surface area (Å²) in [5.41, 5.74) is 2.08. The second-order valence-corrected chi connectivity index (χ2v) is 7.47. The van der Waals surface area contributed by atoms with Gasteiger partial charge in [0.2, 0.25) is 0 Å². The highest BCUT2D eigenvalue weighted by atomic mass is 32.2. The van der Waals surface area contributed by atoms with Gasteiger partial charge >= 0.3 is 0 Å². The molecule has 0 amide bonds. The Morgan fingerprint density at radius 2 is 1.73 bits per heavy atom. The summed E-state index contributed by atoms with van der Waals surface area (Å²) in [5, 5.41) is 14.5. The van der Waals surface area contributed by atoms with E-state index in [4.69, 9.17) is 0 Å². The van der Waals surface area contributed by atoms with E-state index < -0.39 is 0 Å². The smallest absolute Gasteiger partial charge is 0.262 e. The zero-order valence-corrected chi connectivity index (χ0v) is 16.9. The van der Waals surface area contributed by atoms with Gasteiger partial charge in [-0.05, 0) is 30.8 Å². The van der Waals surface area contributed by atoms with E-state index in [1.165, 1.54) is 18.0 Å². The Kier molecular flexibility index (Phi) is 4.64. The van der Waals surface area contributed by atoms with E-state index in [-0.39, 0.29) is 5.56 Å². The van der Waals surface area contributed by atoms with Gasteiger partial charge in [0.1, 0.15) is 5.39 Å². The van der Waals surface area contributed by atoms with Gasteiger partial charge in [-0.2, -0.15) is 5.10 Å². The Bertz CT molecular complexity index is 1370. The summed E-state index contributed by atoms with van der Waals surface area (Å²) in [6.07, 6.45) is 1.53. The van der Waals surface area contributed by atoms with Crippen molar-refractivity contribution in [2.75, 3.05) is 0 Å². The van der Waals surface area contributed by atoms with Gasteiger partial charge in [0, 0.05) is 12.1 Å². The van der Waals surface area contributed by atoms with Crippen LogP contribution in [0.5, 0.6) is 0 Å². The van der Waals surface area contributed by atoms with Gasteiger partial charge in [-0.15, -0.1) is 10.2 Å². The summed E-state index contributed by atoms with van der Waals surface area (Å²) in [6.45, 7) is 2.72. The number of para-hydroxylation sites is 1. The van der Waals surface area contributed by atoms with Crippen LogP contribution in [0.1, 0.15) is 6.92 Å². The molecule has 1 N–H and O–H groups in total. The summed E-state index contributed by atoms with van der Waals surface area (Å²) in [7, 11) is 0. The topological polar surface area (TPSA) is 94.3 Å². The summed E-state index contributed by atoms with van der Waals surface area (Å²) >= 11 is 1.27. The van der Waals surface area contributed by atoms with Crippen LogP contribution in [0.25, 0.3) is 28.1 Å². The van der Waals surface area contributed by atoms with E-state index in [0.717, 1.165) is 17.1 Å². The number of aromatic nitrogens is 7. The molecule has 5 rings (SSSR count). The monoisotopic (exact) mass is 415 g/mol. The fourth-order valence-electron chi connectivity index (χ4n) is 3.24. The first-order valence-corrected chi connectivity index (χ1v) is 10.3. The van der Waals surface area contributed by atoms with Crippen molar-refractivity contribution >= 4 is 22.8 Å². The first-order valence-electron chi connectivity index (χ1n) is 9.44. The molecule has 8 nitrogen and oxygen atoms in total. The predicted molar refractivity (Wildman–Crippen MR) is 115 cm³/mol. The van der Waals surface area contributed by atoms with Crippen molar-refractivity contribution in [1.82, 2.24) is 34.5 Å². The van der Waals surface area contributed by atoms with E-state index in [2.05, 4.69) is 25.3 Å². The lowest BCUT2D eigenvalue weighted by Crippen LogP contribution is -2.10. The Hall–Kier alpha value is -3.72. The number of aromatic amines is 1. The standard InChI is InChI=1S/C21H17N7OS/c1-2-27-17(14-9-5-3-6-10-14)25-26-21(27)30-20-23-18-16(19(29)24-20)13-22-28(18)15-11-7-4-8-12-15/h3-13H,2H2,1H3,(H,23,24,29). The molecule has 0 aliphatic carbocycles. The second-order valence-electron chi connectivity index (χ2n) is 6.52. The molecule has 30 heavy (non-hydrogen) atoms. The van der Waals surface area contributed by atoms with Crippen LogP contribution in [0.4, 0.5) is 0 Å². The number of benzene rings is 2. The normalized spacial score (nSPS) is 11.2. The van der Waals surface area contributed by atoms with Gasteiger partial charge in [-0.1, -0.05) is 48.5 Å². The summed E-state index contributed by atoms with van der Waals surface area (Å²) < 4.78 is 3.66. The molecule has 0 unspecified atom stereocenters. The zero-order valence-electron chi connectivity index (χ0n) is 16.1. The number of nitrogens with one attached hydrogen (secondary N) is 1. The predicted octanol–water partition coefficient (Wildman–Crippen LogP) is 3.54. The summed E-state index contributed by atoms with van der Waals surface area (Å²) in [6, 6.07) is 19.5. The number of rotatable bonds is 5. The highest BCUT2D eigenvalue weighted by Gasteiger charge is 2.17. The molecule has 0 saturated heterocycles. The molecule has 2 aromatic carbocycles. The fraction of sp³-hybridized carbons (Fsp3) is 0.0952. The highest BCUT2D eigenvalue weighted by molar-refractivity contribution is 7.99. The third-order valence-corrected chi connectivity index (χ3v) is 5.54. The minimum atomic E-state index is -0.240. The van der Waals surface area contributed by atoms with Crippen molar-refractivity contribution in [3.05, 3.63) is 77.2 Å². The van der Waals surface area contributed by atoms with Crippen LogP contribution < -0.4 is 5.56 Å². The van der Waals surface area contributed by atoms with Crippen LogP contribution in [0, 0.1) is 0 Å². The molecule has 0 radical (unpaired) electrons. The van der Waals surface area contributed by atoms with Crippen molar-refractivity contribution in [3.8, 4) is 17.1 Å². The fourth-order valence-corrected chi connectivity index (χ4v) is 4.10. The van der Waals surface area contributed by atoms with E-state index in [1.807, 2.05) is 72.2 Å². The molecular weight excluding hydrogens is 398 g/mol. The molecule has 5 aromatic rings. The first-order chi connectivity index (χ1) is 14.7. The number of hydrogen-bond acceptors (Lipinski definition) is 6. The summed E-state index contributed by atoms with van der Waals surface area (Å²) in [4.78, 5) is 20.1. The number of hydrogen-bond donors (Lipinski definition) is 1. The molecule has 3 heterocycles. The lowest BCUT2D eigenvalue weighted by atomic mass is 10.2. The van der Waals surface area contributed by atoms with E-state index in [1.54, 1.807) is 4.68 Å². The van der Waals surface area contributed by atoms with Gasteiger partial charge in [0.25, 0.3) is 5.56 Å². The SMILES string of the molecule is CCn1c(Sc2nc3c(cnn3-c3ccccc3)c(=O)[nH]2)nnc1-c1ccccc1. The highest BCUT2D eigenvalue weighted by Crippen LogP contribution is 2.28. The van der Waals surface area contributed by atoms with Gasteiger partial charge < -0.3 is 9.55 Å². The number of fused-ring (bicyclic) bond motifs is 1. The second kappa shape index (κ2) is 7.60. The van der Waals surface area contributed by atoms with Crippen LogP contribution >= 0.6 is 11.8 Å². The van der Waals surface area contributed by atoms with Gasteiger partial charge in [0.15, 0.2) is 21.8 Å². The van der Waals surface area contributed by atoms with Crippen molar-refractivity contribution < 1.29 is 0 Å².